The molecule has 0 amide bonds. The van der Waals surface area contributed by atoms with E-state index in [2.05, 4.69) is 32.6 Å². The lowest BCUT2D eigenvalue weighted by Crippen LogP contribution is -2.57. The number of ether oxygens (including phenoxy) is 1. The van der Waals surface area contributed by atoms with Crippen molar-refractivity contribution in [3.8, 4) is 0 Å². The third kappa shape index (κ3) is 3.08. The number of rotatable bonds is 6. The maximum absolute atomic E-state index is 12.7. The van der Waals surface area contributed by atoms with Gasteiger partial charge in [0, 0.05) is 19.0 Å². The normalized spacial score (nSPS) is 21.5. The summed E-state index contributed by atoms with van der Waals surface area (Å²) in [4.78, 5) is 15.0. The average molecular weight is 241 g/mol. The van der Waals surface area contributed by atoms with Crippen molar-refractivity contribution in [2.45, 2.75) is 52.5 Å². The molecule has 1 atom stereocenters. The summed E-state index contributed by atoms with van der Waals surface area (Å²) in [6, 6.07) is 0. The second kappa shape index (κ2) is 6.50. The fourth-order valence-corrected chi connectivity index (χ4v) is 2.71. The minimum atomic E-state index is -0.291. The molecule has 1 unspecified atom stereocenters. The molecule has 100 valence electrons. The van der Waals surface area contributed by atoms with Gasteiger partial charge in [-0.15, -0.1) is 0 Å². The second-order valence-electron chi connectivity index (χ2n) is 5.10. The SMILES string of the molecule is CCC(CC)C(=O)C(C)(CC)N1CCOCC1. The van der Waals surface area contributed by atoms with Crippen LogP contribution in [0.5, 0.6) is 0 Å². The molecular formula is C14H27NO2. The first-order valence-corrected chi connectivity index (χ1v) is 6.97. The number of morpholine rings is 1. The highest BCUT2D eigenvalue weighted by atomic mass is 16.5. The van der Waals surface area contributed by atoms with Crippen LogP contribution < -0.4 is 0 Å². The van der Waals surface area contributed by atoms with Crippen LogP contribution in [-0.2, 0) is 9.53 Å². The average Bonchev–Trinajstić information content (AvgIpc) is 2.40. The van der Waals surface area contributed by atoms with Gasteiger partial charge in [-0.3, -0.25) is 9.69 Å². The first-order valence-electron chi connectivity index (χ1n) is 6.97. The van der Waals surface area contributed by atoms with E-state index in [1.54, 1.807) is 0 Å². The predicted octanol–water partition coefficient (Wildman–Crippen LogP) is 2.49. The van der Waals surface area contributed by atoms with Gasteiger partial charge in [0.25, 0.3) is 0 Å². The summed E-state index contributed by atoms with van der Waals surface area (Å²) >= 11 is 0. The van der Waals surface area contributed by atoms with Gasteiger partial charge in [-0.25, -0.2) is 0 Å². The maximum atomic E-state index is 12.7. The molecule has 0 bridgehead atoms. The van der Waals surface area contributed by atoms with Crippen LogP contribution in [0.2, 0.25) is 0 Å². The number of hydrogen-bond acceptors (Lipinski definition) is 3. The molecule has 0 aromatic rings. The third-order valence-corrected chi connectivity index (χ3v) is 4.28. The molecule has 0 radical (unpaired) electrons. The van der Waals surface area contributed by atoms with Crippen molar-refractivity contribution in [2.75, 3.05) is 26.3 Å². The topological polar surface area (TPSA) is 29.5 Å². The minimum Gasteiger partial charge on any atom is -0.379 e. The van der Waals surface area contributed by atoms with Gasteiger partial charge in [0.1, 0.15) is 0 Å². The molecular weight excluding hydrogens is 214 g/mol. The fourth-order valence-electron chi connectivity index (χ4n) is 2.71. The van der Waals surface area contributed by atoms with E-state index in [1.807, 2.05) is 0 Å². The standard InChI is InChI=1S/C14H27NO2/c1-5-12(6-2)13(16)14(4,7-3)15-8-10-17-11-9-15/h12H,5-11H2,1-4H3. The van der Waals surface area contributed by atoms with Gasteiger partial charge in [-0.1, -0.05) is 20.8 Å². The summed E-state index contributed by atoms with van der Waals surface area (Å²) in [6.45, 7) is 11.7. The van der Waals surface area contributed by atoms with E-state index in [1.165, 1.54) is 0 Å². The van der Waals surface area contributed by atoms with Gasteiger partial charge in [0.2, 0.25) is 0 Å². The molecule has 0 spiro atoms. The number of ketones is 1. The molecule has 1 aliphatic heterocycles. The number of carbonyl (C=O) groups excluding carboxylic acids is 1. The van der Waals surface area contributed by atoms with Crippen molar-refractivity contribution in [3.05, 3.63) is 0 Å². The quantitative estimate of drug-likeness (QED) is 0.715. The van der Waals surface area contributed by atoms with E-state index in [-0.39, 0.29) is 11.5 Å². The lowest BCUT2D eigenvalue weighted by atomic mass is 9.81. The number of Topliss-reactive ketones (excluding diaryl/α,β-unsaturated/α-hetero) is 1. The minimum absolute atomic E-state index is 0.211. The Balaban J connectivity index is 2.81. The van der Waals surface area contributed by atoms with Crippen LogP contribution in [0.1, 0.15) is 47.0 Å². The fraction of sp³-hybridized carbons (Fsp3) is 0.929. The molecule has 1 rings (SSSR count). The summed E-state index contributed by atoms with van der Waals surface area (Å²) in [5, 5.41) is 0. The zero-order valence-corrected chi connectivity index (χ0v) is 11.8. The zero-order chi connectivity index (χ0) is 12.9. The lowest BCUT2D eigenvalue weighted by Gasteiger charge is -2.43. The maximum Gasteiger partial charge on any atom is 0.155 e. The van der Waals surface area contributed by atoms with E-state index < -0.39 is 0 Å². The Morgan fingerprint density at radius 2 is 1.76 bits per heavy atom. The molecule has 1 saturated heterocycles. The Morgan fingerprint density at radius 3 is 2.18 bits per heavy atom. The van der Waals surface area contributed by atoms with Gasteiger partial charge in [-0.2, -0.15) is 0 Å². The summed E-state index contributed by atoms with van der Waals surface area (Å²) in [5.74, 6) is 0.634. The summed E-state index contributed by atoms with van der Waals surface area (Å²) in [5.41, 5.74) is -0.291. The van der Waals surface area contributed by atoms with Crippen molar-refractivity contribution in [3.63, 3.8) is 0 Å². The number of hydrogen-bond donors (Lipinski definition) is 0. The molecule has 0 aliphatic carbocycles. The van der Waals surface area contributed by atoms with E-state index in [4.69, 9.17) is 4.74 Å². The molecule has 0 N–H and O–H groups in total. The molecule has 0 aromatic heterocycles. The molecule has 1 aliphatic rings. The summed E-state index contributed by atoms with van der Waals surface area (Å²) < 4.78 is 5.38. The molecule has 3 nitrogen and oxygen atoms in total. The Bertz CT molecular complexity index is 245. The van der Waals surface area contributed by atoms with E-state index in [9.17, 15) is 4.79 Å². The lowest BCUT2D eigenvalue weighted by molar-refractivity contribution is -0.138. The number of nitrogens with zero attached hydrogens (tertiary/aromatic N) is 1. The third-order valence-electron chi connectivity index (χ3n) is 4.28. The molecule has 1 fully saturated rings. The highest BCUT2D eigenvalue weighted by Gasteiger charge is 2.40. The van der Waals surface area contributed by atoms with Crippen LogP contribution in [0.4, 0.5) is 0 Å². The first-order chi connectivity index (χ1) is 8.10. The van der Waals surface area contributed by atoms with E-state index in [0.29, 0.717) is 5.78 Å². The van der Waals surface area contributed by atoms with Gasteiger partial charge in [0.05, 0.1) is 18.8 Å². The van der Waals surface area contributed by atoms with Crippen LogP contribution >= 0.6 is 0 Å². The monoisotopic (exact) mass is 241 g/mol. The Labute approximate surface area is 106 Å². The van der Waals surface area contributed by atoms with Crippen molar-refractivity contribution in [1.82, 2.24) is 4.90 Å². The van der Waals surface area contributed by atoms with Crippen molar-refractivity contribution < 1.29 is 9.53 Å². The predicted molar refractivity (Wildman–Crippen MR) is 70.2 cm³/mol. The smallest absolute Gasteiger partial charge is 0.155 e. The Hall–Kier alpha value is -0.410. The highest BCUT2D eigenvalue weighted by molar-refractivity contribution is 5.90. The van der Waals surface area contributed by atoms with E-state index in [0.717, 1.165) is 45.6 Å². The second-order valence-corrected chi connectivity index (χ2v) is 5.10. The Kier molecular flexibility index (Phi) is 5.60. The van der Waals surface area contributed by atoms with Crippen molar-refractivity contribution in [2.24, 2.45) is 5.92 Å². The van der Waals surface area contributed by atoms with Gasteiger partial charge in [0.15, 0.2) is 5.78 Å². The van der Waals surface area contributed by atoms with Crippen LogP contribution in [0, 0.1) is 5.92 Å². The van der Waals surface area contributed by atoms with Crippen LogP contribution in [0.3, 0.4) is 0 Å². The summed E-state index contributed by atoms with van der Waals surface area (Å²) in [7, 11) is 0. The molecule has 3 heteroatoms. The Morgan fingerprint density at radius 1 is 1.24 bits per heavy atom. The largest absolute Gasteiger partial charge is 0.379 e. The van der Waals surface area contributed by atoms with E-state index >= 15 is 0 Å². The molecule has 0 aromatic carbocycles. The molecule has 1 heterocycles. The highest BCUT2D eigenvalue weighted by Crippen LogP contribution is 2.27. The van der Waals surface area contributed by atoms with Gasteiger partial charge >= 0.3 is 0 Å². The van der Waals surface area contributed by atoms with Gasteiger partial charge in [-0.05, 0) is 26.2 Å². The van der Waals surface area contributed by atoms with Crippen LogP contribution in [-0.4, -0.2) is 42.5 Å². The van der Waals surface area contributed by atoms with Crippen molar-refractivity contribution >= 4 is 5.78 Å². The molecule has 17 heavy (non-hydrogen) atoms. The molecule has 0 saturated carbocycles. The zero-order valence-electron chi connectivity index (χ0n) is 11.8. The van der Waals surface area contributed by atoms with Crippen LogP contribution in [0.15, 0.2) is 0 Å². The number of carbonyl (C=O) groups is 1. The first kappa shape index (κ1) is 14.7. The summed E-state index contributed by atoms with van der Waals surface area (Å²) in [6.07, 6.45) is 2.80. The van der Waals surface area contributed by atoms with Crippen LogP contribution in [0.25, 0.3) is 0 Å². The van der Waals surface area contributed by atoms with Crippen molar-refractivity contribution in [1.29, 1.82) is 0 Å². The van der Waals surface area contributed by atoms with Gasteiger partial charge < -0.3 is 4.74 Å².